The fourth-order valence-corrected chi connectivity index (χ4v) is 3.47. The van der Waals surface area contributed by atoms with Crippen molar-refractivity contribution < 1.29 is 9.84 Å². The van der Waals surface area contributed by atoms with Gasteiger partial charge in [0.25, 0.3) is 0 Å². The molecule has 1 atom stereocenters. The van der Waals surface area contributed by atoms with E-state index in [9.17, 15) is 5.11 Å². The highest BCUT2D eigenvalue weighted by Gasteiger charge is 2.32. The Bertz CT molecular complexity index is 225. The highest BCUT2D eigenvalue weighted by atomic mass is 28.3. The monoisotopic (exact) mass is 184 g/mol. The maximum absolute atomic E-state index is 9.53. The Morgan fingerprint density at radius 3 is 2.50 bits per heavy atom. The van der Waals surface area contributed by atoms with E-state index in [0.717, 1.165) is 10.8 Å². The SMILES string of the molecule is C=CC1=C([Si](C)(C)C)C(O)OC1. The average Bonchev–Trinajstić information content (AvgIpc) is 2.29. The molecule has 2 nitrogen and oxygen atoms in total. The standard InChI is InChI=1S/C9H16O2Si/c1-5-7-6-11-9(10)8(7)12(2,3)4/h5,9-10H,1,6H2,2-4H3. The first kappa shape index (κ1) is 9.70. The maximum Gasteiger partial charge on any atom is 0.174 e. The van der Waals surface area contributed by atoms with Crippen molar-refractivity contribution in [1.29, 1.82) is 0 Å². The maximum atomic E-state index is 9.53. The van der Waals surface area contributed by atoms with Crippen molar-refractivity contribution >= 4 is 8.07 Å². The van der Waals surface area contributed by atoms with Gasteiger partial charge in [-0.1, -0.05) is 32.3 Å². The van der Waals surface area contributed by atoms with Gasteiger partial charge >= 0.3 is 0 Å². The zero-order valence-corrected chi connectivity index (χ0v) is 8.92. The molecule has 68 valence electrons. The predicted octanol–water partition coefficient (Wildman–Crippen LogP) is 1.69. The lowest BCUT2D eigenvalue weighted by Crippen LogP contribution is -2.31. The number of ether oxygens (including phenoxy) is 1. The molecule has 0 aromatic rings. The van der Waals surface area contributed by atoms with Gasteiger partial charge in [-0.25, -0.2) is 0 Å². The van der Waals surface area contributed by atoms with E-state index in [2.05, 4.69) is 26.2 Å². The lowest BCUT2D eigenvalue weighted by molar-refractivity contribution is -0.0424. The highest BCUT2D eigenvalue weighted by Crippen LogP contribution is 2.28. The van der Waals surface area contributed by atoms with E-state index in [0.29, 0.717) is 6.61 Å². The zero-order valence-electron chi connectivity index (χ0n) is 7.92. The number of aliphatic hydroxyl groups is 1. The predicted molar refractivity (Wildman–Crippen MR) is 52.5 cm³/mol. The second kappa shape index (κ2) is 3.16. The molecule has 0 spiro atoms. The van der Waals surface area contributed by atoms with Crippen LogP contribution in [0.3, 0.4) is 0 Å². The lowest BCUT2D eigenvalue weighted by Gasteiger charge is -2.21. The summed E-state index contributed by atoms with van der Waals surface area (Å²) in [6.45, 7) is 10.8. The fraction of sp³-hybridized carbons (Fsp3) is 0.556. The number of rotatable bonds is 2. The summed E-state index contributed by atoms with van der Waals surface area (Å²) in [6, 6.07) is 0. The van der Waals surface area contributed by atoms with E-state index in [1.54, 1.807) is 6.08 Å². The summed E-state index contributed by atoms with van der Waals surface area (Å²) in [6.07, 6.45) is 1.12. The third-order valence-corrected chi connectivity index (χ3v) is 4.23. The van der Waals surface area contributed by atoms with Gasteiger partial charge in [0.2, 0.25) is 0 Å². The van der Waals surface area contributed by atoms with Crippen LogP contribution < -0.4 is 0 Å². The van der Waals surface area contributed by atoms with E-state index in [1.165, 1.54) is 0 Å². The van der Waals surface area contributed by atoms with Crippen LogP contribution in [0.25, 0.3) is 0 Å². The molecule has 0 radical (unpaired) electrons. The van der Waals surface area contributed by atoms with Gasteiger partial charge in [0.05, 0.1) is 14.7 Å². The third kappa shape index (κ3) is 1.68. The van der Waals surface area contributed by atoms with Crippen molar-refractivity contribution in [3.8, 4) is 0 Å². The minimum absolute atomic E-state index is 0.518. The normalized spacial score (nSPS) is 24.8. The van der Waals surface area contributed by atoms with Gasteiger partial charge < -0.3 is 9.84 Å². The minimum atomic E-state index is -1.44. The number of aliphatic hydroxyl groups excluding tert-OH is 1. The van der Waals surface area contributed by atoms with Gasteiger partial charge in [0.1, 0.15) is 0 Å². The lowest BCUT2D eigenvalue weighted by atomic mass is 10.3. The molecule has 0 amide bonds. The number of hydrogen-bond donors (Lipinski definition) is 1. The van der Waals surface area contributed by atoms with Gasteiger partial charge in [0, 0.05) is 0 Å². The van der Waals surface area contributed by atoms with Crippen LogP contribution >= 0.6 is 0 Å². The summed E-state index contributed by atoms with van der Waals surface area (Å²) < 4.78 is 5.14. The van der Waals surface area contributed by atoms with Crippen molar-refractivity contribution in [3.05, 3.63) is 23.4 Å². The van der Waals surface area contributed by atoms with Crippen molar-refractivity contribution in [1.82, 2.24) is 0 Å². The van der Waals surface area contributed by atoms with Crippen molar-refractivity contribution in [3.63, 3.8) is 0 Å². The molecule has 0 saturated heterocycles. The fourth-order valence-electron chi connectivity index (χ4n) is 1.51. The van der Waals surface area contributed by atoms with Gasteiger partial charge in [0.15, 0.2) is 6.29 Å². The van der Waals surface area contributed by atoms with E-state index < -0.39 is 14.4 Å². The van der Waals surface area contributed by atoms with Crippen LogP contribution in [0, 0.1) is 0 Å². The molecule has 0 bridgehead atoms. The molecule has 1 aliphatic rings. The topological polar surface area (TPSA) is 29.5 Å². The zero-order chi connectivity index (χ0) is 9.35. The van der Waals surface area contributed by atoms with Gasteiger partial charge in [-0.3, -0.25) is 0 Å². The molecular formula is C9H16O2Si. The summed E-state index contributed by atoms with van der Waals surface area (Å²) in [4.78, 5) is 0. The average molecular weight is 184 g/mol. The van der Waals surface area contributed by atoms with Crippen LogP contribution in [0.2, 0.25) is 19.6 Å². The Kier molecular flexibility index (Phi) is 2.56. The van der Waals surface area contributed by atoms with Gasteiger partial charge in [-0.2, -0.15) is 0 Å². The molecule has 1 heterocycles. The molecule has 1 unspecified atom stereocenters. The first-order valence-electron chi connectivity index (χ1n) is 4.12. The molecule has 1 N–H and O–H groups in total. The van der Waals surface area contributed by atoms with Crippen LogP contribution in [0.1, 0.15) is 0 Å². The van der Waals surface area contributed by atoms with Crippen LogP contribution in [0.15, 0.2) is 23.4 Å². The van der Waals surface area contributed by atoms with Crippen LogP contribution in [-0.2, 0) is 4.74 Å². The second-order valence-electron chi connectivity index (χ2n) is 4.06. The highest BCUT2D eigenvalue weighted by molar-refractivity contribution is 6.83. The largest absolute Gasteiger partial charge is 0.365 e. The van der Waals surface area contributed by atoms with E-state index in [4.69, 9.17) is 4.74 Å². The van der Waals surface area contributed by atoms with Crippen molar-refractivity contribution in [2.45, 2.75) is 25.9 Å². The van der Waals surface area contributed by atoms with E-state index >= 15 is 0 Å². The quantitative estimate of drug-likeness (QED) is 0.662. The van der Waals surface area contributed by atoms with Gasteiger partial charge in [-0.05, 0) is 10.8 Å². The summed E-state index contributed by atoms with van der Waals surface area (Å²) in [7, 11) is -1.44. The Labute approximate surface area is 74.6 Å². The Morgan fingerprint density at radius 2 is 2.17 bits per heavy atom. The van der Waals surface area contributed by atoms with E-state index in [-0.39, 0.29) is 0 Å². The first-order chi connectivity index (χ1) is 5.46. The molecule has 0 aromatic heterocycles. The van der Waals surface area contributed by atoms with Crippen LogP contribution in [0.5, 0.6) is 0 Å². The first-order valence-corrected chi connectivity index (χ1v) is 7.62. The molecule has 1 aliphatic heterocycles. The van der Waals surface area contributed by atoms with E-state index in [1.807, 2.05) is 0 Å². The smallest absolute Gasteiger partial charge is 0.174 e. The molecular weight excluding hydrogens is 168 g/mol. The summed E-state index contributed by atoms with van der Waals surface area (Å²) in [5.41, 5.74) is 1.08. The Balaban J connectivity index is 3.03. The summed E-state index contributed by atoms with van der Waals surface area (Å²) >= 11 is 0. The van der Waals surface area contributed by atoms with Gasteiger partial charge in [-0.15, -0.1) is 0 Å². The Hall–Kier alpha value is -0.383. The molecule has 0 saturated carbocycles. The minimum Gasteiger partial charge on any atom is -0.365 e. The van der Waals surface area contributed by atoms with Crippen molar-refractivity contribution in [2.75, 3.05) is 6.61 Å². The molecule has 3 heteroatoms. The third-order valence-electron chi connectivity index (χ3n) is 2.04. The van der Waals surface area contributed by atoms with Crippen LogP contribution in [0.4, 0.5) is 0 Å². The molecule has 0 fully saturated rings. The Morgan fingerprint density at radius 1 is 1.58 bits per heavy atom. The van der Waals surface area contributed by atoms with Crippen molar-refractivity contribution in [2.24, 2.45) is 0 Å². The summed E-state index contributed by atoms with van der Waals surface area (Å²) in [5, 5.41) is 10.6. The molecule has 0 aliphatic carbocycles. The summed E-state index contributed by atoms with van der Waals surface area (Å²) in [5.74, 6) is 0. The molecule has 12 heavy (non-hydrogen) atoms. The second-order valence-corrected chi connectivity index (χ2v) is 9.10. The van der Waals surface area contributed by atoms with Crippen LogP contribution in [-0.4, -0.2) is 26.1 Å². The molecule has 1 rings (SSSR count). The number of hydrogen-bond acceptors (Lipinski definition) is 2. The molecule has 0 aromatic carbocycles.